The van der Waals surface area contributed by atoms with Gasteiger partial charge in [0.1, 0.15) is 23.2 Å². The first-order chi connectivity index (χ1) is 17.9. The Morgan fingerprint density at radius 1 is 1.16 bits per heavy atom. The van der Waals surface area contributed by atoms with E-state index in [4.69, 9.17) is 9.98 Å². The number of nitrogens with one attached hydrogen (secondary N) is 1. The lowest BCUT2D eigenvalue weighted by atomic mass is 9.74. The number of aryl methyl sites for hydroxylation is 2. The van der Waals surface area contributed by atoms with Crippen LogP contribution in [0, 0.1) is 26.7 Å². The number of ketones is 1. The number of aliphatic imine (C=N–C) groups is 1. The average molecular weight is 513 g/mol. The molecule has 0 radical (unpaired) electrons. The number of benzene rings is 1. The third kappa shape index (κ3) is 6.18. The van der Waals surface area contributed by atoms with Crippen LogP contribution in [0.5, 0.6) is 0 Å². The molecule has 2 aromatic heterocycles. The fraction of sp³-hybridized carbons (Fsp3) is 0.375. The Hall–Kier alpha value is -3.80. The van der Waals surface area contributed by atoms with Gasteiger partial charge in [0.25, 0.3) is 0 Å². The maximum Gasteiger partial charge on any atom is 0.145 e. The third-order valence-corrected chi connectivity index (χ3v) is 6.89. The fourth-order valence-electron chi connectivity index (χ4n) is 4.69. The van der Waals surface area contributed by atoms with Gasteiger partial charge < -0.3 is 10.4 Å². The zero-order valence-electron chi connectivity index (χ0n) is 23.9. The van der Waals surface area contributed by atoms with E-state index in [2.05, 4.69) is 29.9 Å². The van der Waals surface area contributed by atoms with Gasteiger partial charge in [-0.05, 0) is 75.9 Å². The summed E-state index contributed by atoms with van der Waals surface area (Å²) in [5.74, 6) is 1.35. The normalized spacial score (nSPS) is 11.8. The molecule has 3 aromatic rings. The summed E-state index contributed by atoms with van der Waals surface area (Å²) in [5.41, 5.74) is 6.37. The molecular formula is C32H40N4O2. The predicted octanol–water partition coefficient (Wildman–Crippen LogP) is 8.35. The van der Waals surface area contributed by atoms with Crippen molar-refractivity contribution in [3.05, 3.63) is 70.9 Å². The quantitative estimate of drug-likeness (QED) is 0.210. The lowest BCUT2D eigenvalue weighted by molar-refractivity contribution is -0.126. The molecule has 0 spiro atoms. The van der Waals surface area contributed by atoms with Gasteiger partial charge in [-0.3, -0.25) is 9.79 Å². The Balaban J connectivity index is 2.11. The van der Waals surface area contributed by atoms with Gasteiger partial charge in [0, 0.05) is 40.4 Å². The zero-order valence-corrected chi connectivity index (χ0v) is 23.9. The molecule has 2 heterocycles. The van der Waals surface area contributed by atoms with Crippen LogP contribution in [0.2, 0.25) is 0 Å². The number of anilines is 2. The van der Waals surface area contributed by atoms with Crippen LogP contribution in [-0.2, 0) is 10.2 Å². The summed E-state index contributed by atoms with van der Waals surface area (Å²) in [5, 5.41) is 13.3. The highest BCUT2D eigenvalue weighted by atomic mass is 16.3. The highest BCUT2D eigenvalue weighted by Gasteiger charge is 2.32. The summed E-state index contributed by atoms with van der Waals surface area (Å²) in [6.45, 7) is 19.6. The molecule has 3 rings (SSSR count). The molecule has 2 N–H and O–H groups in total. The molecule has 200 valence electrons. The maximum absolute atomic E-state index is 12.9. The summed E-state index contributed by atoms with van der Waals surface area (Å²) in [6.07, 6.45) is 5.52. The molecule has 0 unspecified atom stereocenters. The van der Waals surface area contributed by atoms with Crippen LogP contribution >= 0.6 is 0 Å². The molecule has 0 atom stereocenters. The molecule has 6 heteroatoms. The summed E-state index contributed by atoms with van der Waals surface area (Å²) in [6, 6.07) is 9.91. The van der Waals surface area contributed by atoms with Crippen molar-refractivity contribution < 1.29 is 9.90 Å². The van der Waals surface area contributed by atoms with E-state index in [1.54, 1.807) is 12.3 Å². The Labute approximate surface area is 227 Å². The third-order valence-electron chi connectivity index (χ3n) is 6.89. The predicted molar refractivity (Wildman–Crippen MR) is 159 cm³/mol. The fourth-order valence-corrected chi connectivity index (χ4v) is 4.69. The molecular weight excluding hydrogens is 472 g/mol. The molecule has 6 nitrogen and oxygen atoms in total. The number of carbonyl (C=O) groups excluding carboxylic acids is 1. The van der Waals surface area contributed by atoms with Crippen molar-refractivity contribution in [3.8, 4) is 11.3 Å². The van der Waals surface area contributed by atoms with Gasteiger partial charge in [0.05, 0.1) is 11.4 Å². The van der Waals surface area contributed by atoms with E-state index >= 15 is 0 Å². The molecule has 0 saturated carbocycles. The van der Waals surface area contributed by atoms with Crippen LogP contribution in [-0.4, -0.2) is 27.1 Å². The standard InChI is InChI=1S/C32H40N4O2/c1-10-11-14-33-27-17-28(24-12-13-26(20(4)15-24)32(8,9)30(38)19(2)3)35-31(22(27)6)36-29-16-25(23(7)37)21(5)18-34-29/h12-19,37H,7,10-11H2,1-6,8-9H3,(H,34,35,36). The molecule has 0 aliphatic rings. The van der Waals surface area contributed by atoms with Crippen LogP contribution in [0.25, 0.3) is 17.0 Å². The van der Waals surface area contributed by atoms with Crippen molar-refractivity contribution in [3.63, 3.8) is 0 Å². The number of carbonyl (C=O) groups is 1. The van der Waals surface area contributed by atoms with Gasteiger partial charge in [0.2, 0.25) is 0 Å². The molecule has 0 amide bonds. The lowest BCUT2D eigenvalue weighted by Gasteiger charge is -2.28. The number of nitrogens with zero attached hydrogens (tertiary/aromatic N) is 3. The number of aliphatic hydroxyl groups excluding tert-OH is 1. The monoisotopic (exact) mass is 512 g/mol. The number of Topliss-reactive ketones (excluding diaryl/α,β-unsaturated/α-hetero) is 1. The topological polar surface area (TPSA) is 87.5 Å². The first-order valence-corrected chi connectivity index (χ1v) is 13.2. The summed E-state index contributed by atoms with van der Waals surface area (Å²) < 4.78 is 0. The van der Waals surface area contributed by atoms with E-state index in [-0.39, 0.29) is 17.5 Å². The van der Waals surface area contributed by atoms with Crippen molar-refractivity contribution in [1.29, 1.82) is 0 Å². The Bertz CT molecular complexity index is 1390. The number of hydrogen-bond acceptors (Lipinski definition) is 6. The largest absolute Gasteiger partial charge is 0.508 e. The lowest BCUT2D eigenvalue weighted by Crippen LogP contribution is -2.33. The van der Waals surface area contributed by atoms with Gasteiger partial charge in [0.15, 0.2) is 0 Å². The van der Waals surface area contributed by atoms with Gasteiger partial charge in [-0.15, -0.1) is 0 Å². The number of hydrogen-bond donors (Lipinski definition) is 2. The van der Waals surface area contributed by atoms with E-state index in [1.165, 1.54) is 0 Å². The Morgan fingerprint density at radius 3 is 2.47 bits per heavy atom. The summed E-state index contributed by atoms with van der Waals surface area (Å²) in [7, 11) is 0. The highest BCUT2D eigenvalue weighted by molar-refractivity contribution is 5.91. The van der Waals surface area contributed by atoms with Crippen LogP contribution in [0.3, 0.4) is 0 Å². The Kier molecular flexibility index (Phi) is 8.87. The van der Waals surface area contributed by atoms with Crippen LogP contribution in [0.1, 0.15) is 75.3 Å². The average Bonchev–Trinajstić information content (AvgIpc) is 2.86. The molecule has 0 fully saturated rings. The number of rotatable bonds is 10. The van der Waals surface area contributed by atoms with E-state index < -0.39 is 5.41 Å². The number of pyridine rings is 2. The van der Waals surface area contributed by atoms with Crippen LogP contribution < -0.4 is 5.32 Å². The molecule has 0 saturated heterocycles. The van der Waals surface area contributed by atoms with Crippen molar-refractivity contribution in [1.82, 2.24) is 9.97 Å². The van der Waals surface area contributed by atoms with Crippen molar-refractivity contribution in [2.45, 2.75) is 73.6 Å². The van der Waals surface area contributed by atoms with Crippen LogP contribution in [0.4, 0.5) is 17.3 Å². The van der Waals surface area contributed by atoms with E-state index in [0.29, 0.717) is 17.2 Å². The van der Waals surface area contributed by atoms with Crippen LogP contribution in [0.15, 0.2) is 48.1 Å². The maximum atomic E-state index is 12.9. The molecule has 0 bridgehead atoms. The zero-order chi connectivity index (χ0) is 28.2. The smallest absolute Gasteiger partial charge is 0.145 e. The van der Waals surface area contributed by atoms with Gasteiger partial charge in [-0.1, -0.05) is 45.9 Å². The number of unbranched alkanes of at least 4 members (excludes halogenated alkanes) is 1. The van der Waals surface area contributed by atoms with E-state index in [9.17, 15) is 9.90 Å². The first-order valence-electron chi connectivity index (χ1n) is 13.2. The second-order valence-corrected chi connectivity index (χ2v) is 10.7. The number of aromatic nitrogens is 2. The van der Waals surface area contributed by atoms with Crippen molar-refractivity contribution in [2.24, 2.45) is 10.9 Å². The van der Waals surface area contributed by atoms with Gasteiger partial charge in [-0.2, -0.15) is 0 Å². The molecule has 1 aromatic carbocycles. The first kappa shape index (κ1) is 28.8. The second kappa shape index (κ2) is 11.7. The van der Waals surface area contributed by atoms with E-state index in [0.717, 1.165) is 52.0 Å². The second-order valence-electron chi connectivity index (χ2n) is 10.7. The molecule has 38 heavy (non-hydrogen) atoms. The minimum absolute atomic E-state index is 0.00864. The summed E-state index contributed by atoms with van der Waals surface area (Å²) in [4.78, 5) is 27.1. The number of aliphatic hydroxyl groups is 1. The Morgan fingerprint density at radius 2 is 1.87 bits per heavy atom. The van der Waals surface area contributed by atoms with Gasteiger partial charge >= 0.3 is 0 Å². The van der Waals surface area contributed by atoms with Crippen molar-refractivity contribution >= 4 is 35.1 Å². The molecule has 0 aliphatic carbocycles. The summed E-state index contributed by atoms with van der Waals surface area (Å²) >= 11 is 0. The highest BCUT2D eigenvalue weighted by Crippen LogP contribution is 2.35. The van der Waals surface area contributed by atoms with Crippen molar-refractivity contribution in [2.75, 3.05) is 5.32 Å². The molecule has 0 aliphatic heterocycles. The minimum atomic E-state index is -0.578. The minimum Gasteiger partial charge on any atom is -0.508 e. The SMILES string of the molecule is C=C(O)c1cc(Nc2nc(-c3ccc(C(C)(C)C(=O)C(C)C)c(C)c3)cc(N=CCCC)c2C)ncc1C. The van der Waals surface area contributed by atoms with E-state index in [1.807, 2.05) is 72.9 Å². The van der Waals surface area contributed by atoms with Gasteiger partial charge in [-0.25, -0.2) is 9.97 Å².